The Kier molecular flexibility index (Phi) is 5.49. The van der Waals surface area contributed by atoms with Crippen LogP contribution in [0.2, 0.25) is 0 Å². The van der Waals surface area contributed by atoms with Crippen molar-refractivity contribution in [1.82, 2.24) is 10.3 Å². The van der Waals surface area contributed by atoms with Gasteiger partial charge in [0.25, 0.3) is 0 Å². The molecular weight excluding hydrogens is 255 g/mol. The smallest absolute Gasteiger partial charge is 0.141 e. The van der Waals surface area contributed by atoms with E-state index in [4.69, 9.17) is 0 Å². The predicted octanol–water partition coefficient (Wildman–Crippen LogP) is 3.35. The van der Waals surface area contributed by atoms with Crippen LogP contribution in [0.1, 0.15) is 63.6 Å². The van der Waals surface area contributed by atoms with Gasteiger partial charge in [0.15, 0.2) is 0 Å². The fourth-order valence-electron chi connectivity index (χ4n) is 2.93. The van der Waals surface area contributed by atoms with Crippen LogP contribution >= 0.6 is 0 Å². The van der Waals surface area contributed by atoms with Gasteiger partial charge in [0.2, 0.25) is 0 Å². The minimum Gasteiger partial charge on any atom is -0.389 e. The van der Waals surface area contributed by atoms with Crippen molar-refractivity contribution in [3.8, 4) is 0 Å². The second kappa shape index (κ2) is 7.14. The first-order chi connectivity index (χ1) is 9.63. The second-order valence-electron chi connectivity index (χ2n) is 5.88. The molecule has 1 atom stereocenters. The minimum absolute atomic E-state index is 0.0721. The third kappa shape index (κ3) is 4.25. The summed E-state index contributed by atoms with van der Waals surface area (Å²) in [5.41, 5.74) is 0.246. The van der Waals surface area contributed by atoms with Crippen molar-refractivity contribution in [2.75, 3.05) is 6.54 Å². The Bertz CT molecular complexity index is 399. The molecule has 0 amide bonds. The van der Waals surface area contributed by atoms with Crippen molar-refractivity contribution in [1.29, 1.82) is 0 Å². The van der Waals surface area contributed by atoms with Crippen LogP contribution < -0.4 is 5.32 Å². The van der Waals surface area contributed by atoms with Crippen molar-refractivity contribution < 1.29 is 9.50 Å². The van der Waals surface area contributed by atoms with Crippen molar-refractivity contribution in [2.45, 2.75) is 63.5 Å². The number of nitrogens with zero attached hydrogens (tertiary/aromatic N) is 1. The van der Waals surface area contributed by atoms with Gasteiger partial charge in [-0.3, -0.25) is 4.98 Å². The normalized spacial score (nSPS) is 20.4. The van der Waals surface area contributed by atoms with E-state index in [0.29, 0.717) is 6.54 Å². The van der Waals surface area contributed by atoms with E-state index in [1.807, 2.05) is 0 Å². The molecule has 0 bridgehead atoms. The maximum atomic E-state index is 12.9. The van der Waals surface area contributed by atoms with E-state index in [2.05, 4.69) is 17.2 Å². The molecule has 2 N–H and O–H groups in total. The molecule has 1 saturated carbocycles. The van der Waals surface area contributed by atoms with Gasteiger partial charge in [-0.05, 0) is 31.4 Å². The highest BCUT2D eigenvalue weighted by atomic mass is 19.1. The molecule has 4 heteroatoms. The van der Waals surface area contributed by atoms with Gasteiger partial charge in [0.05, 0.1) is 17.5 Å². The molecule has 1 heterocycles. The summed E-state index contributed by atoms with van der Waals surface area (Å²) < 4.78 is 12.9. The SMILES string of the molecule is CCC(NCC1(O)CCCCCC1)c1ccc(F)cn1. The van der Waals surface area contributed by atoms with Gasteiger partial charge in [-0.1, -0.05) is 32.6 Å². The number of halogens is 1. The molecule has 1 fully saturated rings. The highest BCUT2D eigenvalue weighted by Gasteiger charge is 2.28. The average Bonchev–Trinajstić information content (AvgIpc) is 2.67. The lowest BCUT2D eigenvalue weighted by molar-refractivity contribution is 0.0224. The Morgan fingerprint density at radius 3 is 2.55 bits per heavy atom. The van der Waals surface area contributed by atoms with Gasteiger partial charge in [-0.15, -0.1) is 0 Å². The Morgan fingerprint density at radius 2 is 2.00 bits per heavy atom. The Hall–Kier alpha value is -1.00. The second-order valence-corrected chi connectivity index (χ2v) is 5.88. The number of aromatic nitrogens is 1. The number of pyridine rings is 1. The summed E-state index contributed by atoms with van der Waals surface area (Å²) in [7, 11) is 0. The topological polar surface area (TPSA) is 45.1 Å². The predicted molar refractivity (Wildman–Crippen MR) is 77.9 cm³/mol. The van der Waals surface area contributed by atoms with Gasteiger partial charge in [0, 0.05) is 12.6 Å². The Balaban J connectivity index is 1.94. The third-order valence-electron chi connectivity index (χ3n) is 4.23. The number of hydrogen-bond donors (Lipinski definition) is 2. The zero-order valence-corrected chi connectivity index (χ0v) is 12.2. The molecule has 112 valence electrons. The lowest BCUT2D eigenvalue weighted by Crippen LogP contribution is -2.41. The van der Waals surface area contributed by atoms with Crippen LogP contribution in [0.5, 0.6) is 0 Å². The van der Waals surface area contributed by atoms with E-state index >= 15 is 0 Å². The van der Waals surface area contributed by atoms with Gasteiger partial charge in [-0.25, -0.2) is 4.39 Å². The molecule has 1 aromatic heterocycles. The Morgan fingerprint density at radius 1 is 1.30 bits per heavy atom. The van der Waals surface area contributed by atoms with E-state index in [1.54, 1.807) is 6.07 Å². The Labute approximate surface area is 120 Å². The standard InChI is InChI=1S/C16H25FN2O/c1-2-14(15-8-7-13(17)11-18-15)19-12-16(20)9-5-3-4-6-10-16/h7-8,11,14,19-20H,2-6,9-10,12H2,1H3. The van der Waals surface area contributed by atoms with E-state index in [0.717, 1.165) is 37.8 Å². The summed E-state index contributed by atoms with van der Waals surface area (Å²) in [6.45, 7) is 2.66. The molecule has 0 radical (unpaired) electrons. The van der Waals surface area contributed by atoms with Gasteiger partial charge in [-0.2, -0.15) is 0 Å². The number of hydrogen-bond acceptors (Lipinski definition) is 3. The summed E-state index contributed by atoms with van der Waals surface area (Å²) in [6, 6.07) is 3.23. The van der Waals surface area contributed by atoms with Gasteiger partial charge < -0.3 is 10.4 Å². The zero-order valence-electron chi connectivity index (χ0n) is 12.2. The van der Waals surface area contributed by atoms with Crippen LogP contribution in [0.25, 0.3) is 0 Å². The van der Waals surface area contributed by atoms with Gasteiger partial charge in [0.1, 0.15) is 5.82 Å². The van der Waals surface area contributed by atoms with Crippen LogP contribution in [-0.2, 0) is 0 Å². The monoisotopic (exact) mass is 280 g/mol. The van der Waals surface area contributed by atoms with Crippen molar-refractivity contribution >= 4 is 0 Å². The number of rotatable bonds is 5. The average molecular weight is 280 g/mol. The lowest BCUT2D eigenvalue weighted by atomic mass is 9.94. The van der Waals surface area contributed by atoms with Crippen LogP contribution in [0.15, 0.2) is 18.3 Å². The zero-order chi connectivity index (χ0) is 14.4. The summed E-state index contributed by atoms with van der Waals surface area (Å²) in [5.74, 6) is -0.314. The summed E-state index contributed by atoms with van der Waals surface area (Å²) in [5, 5.41) is 14.1. The van der Waals surface area contributed by atoms with E-state index in [9.17, 15) is 9.50 Å². The van der Waals surface area contributed by atoms with E-state index < -0.39 is 5.60 Å². The van der Waals surface area contributed by atoms with Crippen LogP contribution in [0.4, 0.5) is 4.39 Å². The highest BCUT2D eigenvalue weighted by molar-refractivity contribution is 5.10. The molecule has 0 spiro atoms. The van der Waals surface area contributed by atoms with E-state index in [-0.39, 0.29) is 11.9 Å². The van der Waals surface area contributed by atoms with E-state index in [1.165, 1.54) is 25.1 Å². The first-order valence-corrected chi connectivity index (χ1v) is 7.70. The molecule has 0 saturated heterocycles. The molecule has 1 unspecified atom stereocenters. The van der Waals surface area contributed by atoms with Crippen molar-refractivity contribution in [3.05, 3.63) is 29.8 Å². The molecular formula is C16H25FN2O. The number of aliphatic hydroxyl groups is 1. The fraction of sp³-hybridized carbons (Fsp3) is 0.688. The van der Waals surface area contributed by atoms with Crippen LogP contribution in [0, 0.1) is 5.82 Å². The molecule has 0 aromatic carbocycles. The molecule has 1 aliphatic carbocycles. The molecule has 3 nitrogen and oxygen atoms in total. The summed E-state index contributed by atoms with van der Waals surface area (Å²) >= 11 is 0. The summed E-state index contributed by atoms with van der Waals surface area (Å²) in [6.07, 6.45) is 8.50. The highest BCUT2D eigenvalue weighted by Crippen LogP contribution is 2.27. The maximum absolute atomic E-state index is 12.9. The van der Waals surface area contributed by atoms with Gasteiger partial charge >= 0.3 is 0 Å². The fourth-order valence-corrected chi connectivity index (χ4v) is 2.93. The quantitative estimate of drug-likeness (QED) is 0.813. The molecule has 1 aliphatic rings. The molecule has 20 heavy (non-hydrogen) atoms. The first-order valence-electron chi connectivity index (χ1n) is 7.70. The third-order valence-corrected chi connectivity index (χ3v) is 4.23. The van der Waals surface area contributed by atoms with Crippen molar-refractivity contribution in [2.24, 2.45) is 0 Å². The molecule has 0 aliphatic heterocycles. The first kappa shape index (κ1) is 15.4. The molecule has 2 rings (SSSR count). The van der Waals surface area contributed by atoms with Crippen molar-refractivity contribution in [3.63, 3.8) is 0 Å². The van der Waals surface area contributed by atoms with Crippen LogP contribution in [0.3, 0.4) is 0 Å². The maximum Gasteiger partial charge on any atom is 0.141 e. The largest absolute Gasteiger partial charge is 0.389 e. The summed E-state index contributed by atoms with van der Waals surface area (Å²) in [4.78, 5) is 4.14. The van der Waals surface area contributed by atoms with Crippen LogP contribution in [-0.4, -0.2) is 22.2 Å². The lowest BCUT2D eigenvalue weighted by Gasteiger charge is -2.29. The molecule has 1 aromatic rings. The minimum atomic E-state index is -0.593. The number of nitrogens with one attached hydrogen (secondary N) is 1.